The van der Waals surface area contributed by atoms with Crippen molar-refractivity contribution in [1.29, 1.82) is 0 Å². The molecule has 1 aliphatic carbocycles. The highest BCUT2D eigenvalue weighted by Crippen LogP contribution is 2.22. The molecule has 0 aliphatic heterocycles. The van der Waals surface area contributed by atoms with Crippen molar-refractivity contribution in [2.24, 2.45) is 11.7 Å². The van der Waals surface area contributed by atoms with E-state index in [0.717, 1.165) is 38.6 Å². The Bertz CT molecular complexity index is 194. The van der Waals surface area contributed by atoms with Crippen molar-refractivity contribution < 1.29 is 4.79 Å². The van der Waals surface area contributed by atoms with Crippen LogP contribution in [0.3, 0.4) is 0 Å². The largest absolute Gasteiger partial charge is 0.356 e. The summed E-state index contributed by atoms with van der Waals surface area (Å²) in [4.78, 5) is 11.8. The van der Waals surface area contributed by atoms with Crippen LogP contribution in [0.2, 0.25) is 0 Å². The first-order valence-electron chi connectivity index (χ1n) is 6.29. The Hall–Kier alpha value is -0.570. The van der Waals surface area contributed by atoms with E-state index in [4.69, 9.17) is 5.73 Å². The molecule has 1 fully saturated rings. The van der Waals surface area contributed by atoms with Gasteiger partial charge in [0.15, 0.2) is 0 Å². The SMILES string of the molecule is CCCCNC(=O)C1CCCCCC1N. The van der Waals surface area contributed by atoms with Crippen LogP contribution in [0.25, 0.3) is 0 Å². The zero-order valence-electron chi connectivity index (χ0n) is 9.80. The molecular formula is C12H24N2O. The predicted molar refractivity (Wildman–Crippen MR) is 62.5 cm³/mol. The normalized spacial score (nSPS) is 27.1. The van der Waals surface area contributed by atoms with Gasteiger partial charge in [0, 0.05) is 12.6 Å². The number of carbonyl (C=O) groups is 1. The second-order valence-electron chi connectivity index (χ2n) is 4.55. The molecule has 0 saturated heterocycles. The van der Waals surface area contributed by atoms with Gasteiger partial charge in [-0.2, -0.15) is 0 Å². The Morgan fingerprint density at radius 2 is 2.07 bits per heavy atom. The lowest BCUT2D eigenvalue weighted by atomic mass is 9.94. The standard InChI is InChI=1S/C12H24N2O/c1-2-3-9-14-12(15)10-7-5-4-6-8-11(10)13/h10-11H,2-9,13H2,1H3,(H,14,15). The van der Waals surface area contributed by atoms with Gasteiger partial charge in [0.25, 0.3) is 0 Å². The minimum atomic E-state index is 0.0596. The number of carbonyl (C=O) groups excluding carboxylic acids is 1. The van der Waals surface area contributed by atoms with E-state index >= 15 is 0 Å². The lowest BCUT2D eigenvalue weighted by molar-refractivity contribution is -0.125. The molecule has 1 saturated carbocycles. The van der Waals surface area contributed by atoms with Crippen LogP contribution in [-0.4, -0.2) is 18.5 Å². The fourth-order valence-corrected chi connectivity index (χ4v) is 2.18. The zero-order chi connectivity index (χ0) is 11.1. The van der Waals surface area contributed by atoms with E-state index in [1.165, 1.54) is 12.8 Å². The highest BCUT2D eigenvalue weighted by Gasteiger charge is 2.26. The predicted octanol–water partition coefficient (Wildman–Crippen LogP) is 1.81. The maximum atomic E-state index is 11.8. The van der Waals surface area contributed by atoms with Gasteiger partial charge in [-0.3, -0.25) is 4.79 Å². The van der Waals surface area contributed by atoms with Gasteiger partial charge in [-0.25, -0.2) is 0 Å². The minimum Gasteiger partial charge on any atom is -0.356 e. The van der Waals surface area contributed by atoms with Crippen LogP contribution < -0.4 is 11.1 Å². The summed E-state index contributed by atoms with van der Waals surface area (Å²) in [6, 6.07) is 0.0779. The van der Waals surface area contributed by atoms with Crippen LogP contribution in [0, 0.1) is 5.92 Å². The average molecular weight is 212 g/mol. The number of nitrogens with one attached hydrogen (secondary N) is 1. The Morgan fingerprint density at radius 3 is 2.80 bits per heavy atom. The quantitative estimate of drug-likeness (QED) is 0.551. The first kappa shape index (κ1) is 12.5. The number of rotatable bonds is 4. The lowest BCUT2D eigenvalue weighted by Gasteiger charge is -2.20. The van der Waals surface area contributed by atoms with Crippen molar-refractivity contribution in [2.45, 2.75) is 57.9 Å². The molecule has 0 heterocycles. The van der Waals surface area contributed by atoms with Gasteiger partial charge >= 0.3 is 0 Å². The van der Waals surface area contributed by atoms with Gasteiger partial charge in [0.05, 0.1) is 5.92 Å². The topological polar surface area (TPSA) is 55.1 Å². The summed E-state index contributed by atoms with van der Waals surface area (Å²) in [6.45, 7) is 2.93. The summed E-state index contributed by atoms with van der Waals surface area (Å²) in [5.74, 6) is 0.238. The summed E-state index contributed by atoms with van der Waals surface area (Å²) >= 11 is 0. The Morgan fingerprint density at radius 1 is 1.33 bits per heavy atom. The maximum absolute atomic E-state index is 11.8. The fourth-order valence-electron chi connectivity index (χ4n) is 2.18. The first-order valence-corrected chi connectivity index (χ1v) is 6.29. The maximum Gasteiger partial charge on any atom is 0.224 e. The highest BCUT2D eigenvalue weighted by molar-refractivity contribution is 5.79. The molecule has 2 unspecified atom stereocenters. The van der Waals surface area contributed by atoms with Crippen molar-refractivity contribution in [3.63, 3.8) is 0 Å². The van der Waals surface area contributed by atoms with Crippen molar-refractivity contribution >= 4 is 5.91 Å². The molecule has 15 heavy (non-hydrogen) atoms. The number of nitrogens with two attached hydrogens (primary N) is 1. The second kappa shape index (κ2) is 6.83. The van der Waals surface area contributed by atoms with Crippen LogP contribution >= 0.6 is 0 Å². The molecule has 0 bridgehead atoms. The van der Waals surface area contributed by atoms with Gasteiger partial charge < -0.3 is 11.1 Å². The second-order valence-corrected chi connectivity index (χ2v) is 4.55. The molecule has 1 rings (SSSR count). The third kappa shape index (κ3) is 4.20. The minimum absolute atomic E-state index is 0.0596. The summed E-state index contributed by atoms with van der Waals surface area (Å²) in [5, 5.41) is 2.99. The Labute approximate surface area is 92.8 Å². The van der Waals surface area contributed by atoms with E-state index in [0.29, 0.717) is 0 Å². The molecule has 0 spiro atoms. The van der Waals surface area contributed by atoms with Crippen molar-refractivity contribution in [1.82, 2.24) is 5.32 Å². The molecule has 0 aromatic heterocycles. The highest BCUT2D eigenvalue weighted by atomic mass is 16.1. The monoisotopic (exact) mass is 212 g/mol. The number of amides is 1. The van der Waals surface area contributed by atoms with Crippen molar-refractivity contribution in [3.8, 4) is 0 Å². The van der Waals surface area contributed by atoms with E-state index in [9.17, 15) is 4.79 Å². The molecule has 0 aromatic rings. The molecule has 0 aromatic carbocycles. The third-order valence-electron chi connectivity index (χ3n) is 3.24. The number of hydrogen-bond donors (Lipinski definition) is 2. The van der Waals surface area contributed by atoms with Gasteiger partial charge in [0.2, 0.25) is 5.91 Å². The van der Waals surface area contributed by atoms with Crippen LogP contribution in [-0.2, 0) is 4.79 Å². The molecule has 2 atom stereocenters. The molecule has 1 amide bonds. The van der Waals surface area contributed by atoms with Gasteiger partial charge in [-0.05, 0) is 19.3 Å². The van der Waals surface area contributed by atoms with Crippen molar-refractivity contribution in [2.75, 3.05) is 6.54 Å². The third-order valence-corrected chi connectivity index (χ3v) is 3.24. The van der Waals surface area contributed by atoms with Gasteiger partial charge in [0.1, 0.15) is 0 Å². The van der Waals surface area contributed by atoms with E-state index in [1.807, 2.05) is 0 Å². The molecule has 0 radical (unpaired) electrons. The zero-order valence-corrected chi connectivity index (χ0v) is 9.80. The smallest absolute Gasteiger partial charge is 0.224 e. The Kier molecular flexibility index (Phi) is 5.69. The number of unbranched alkanes of at least 4 members (excludes halogenated alkanes) is 1. The molecule has 3 nitrogen and oxygen atoms in total. The van der Waals surface area contributed by atoms with E-state index in [1.54, 1.807) is 0 Å². The summed E-state index contributed by atoms with van der Waals surface area (Å²) < 4.78 is 0. The van der Waals surface area contributed by atoms with E-state index in [2.05, 4.69) is 12.2 Å². The lowest BCUT2D eigenvalue weighted by Crippen LogP contribution is -2.41. The fraction of sp³-hybridized carbons (Fsp3) is 0.917. The molecule has 1 aliphatic rings. The molecule has 88 valence electrons. The van der Waals surface area contributed by atoms with Gasteiger partial charge in [-0.15, -0.1) is 0 Å². The first-order chi connectivity index (χ1) is 7.25. The summed E-state index contributed by atoms with van der Waals surface area (Å²) in [5.41, 5.74) is 6.02. The number of hydrogen-bond acceptors (Lipinski definition) is 2. The molecule has 3 heteroatoms. The van der Waals surface area contributed by atoms with E-state index < -0.39 is 0 Å². The van der Waals surface area contributed by atoms with Crippen LogP contribution in [0.1, 0.15) is 51.9 Å². The van der Waals surface area contributed by atoms with Crippen LogP contribution in [0.15, 0.2) is 0 Å². The van der Waals surface area contributed by atoms with Gasteiger partial charge in [-0.1, -0.05) is 32.6 Å². The molecular weight excluding hydrogens is 188 g/mol. The van der Waals surface area contributed by atoms with E-state index in [-0.39, 0.29) is 17.9 Å². The van der Waals surface area contributed by atoms with Crippen LogP contribution in [0.5, 0.6) is 0 Å². The Balaban J connectivity index is 2.34. The summed E-state index contributed by atoms with van der Waals surface area (Å²) in [6.07, 6.45) is 7.72. The summed E-state index contributed by atoms with van der Waals surface area (Å²) in [7, 11) is 0. The van der Waals surface area contributed by atoms with Crippen LogP contribution in [0.4, 0.5) is 0 Å². The average Bonchev–Trinajstić information content (AvgIpc) is 2.43. The van der Waals surface area contributed by atoms with Crippen molar-refractivity contribution in [3.05, 3.63) is 0 Å². The molecule has 3 N–H and O–H groups in total.